The zero-order valence-corrected chi connectivity index (χ0v) is 9.92. The minimum absolute atomic E-state index is 0.689. The molecule has 0 heterocycles. The van der Waals surface area contributed by atoms with E-state index in [2.05, 4.69) is 26.1 Å². The molecule has 1 N–H and O–H groups in total. The van der Waals surface area contributed by atoms with Gasteiger partial charge in [-0.15, -0.1) is 0 Å². The molecule has 2 fully saturated rings. The van der Waals surface area contributed by atoms with E-state index in [1.807, 2.05) is 0 Å². The maximum atomic E-state index is 3.71. The summed E-state index contributed by atoms with van der Waals surface area (Å²) in [6.07, 6.45) is 6.11. The molecule has 82 valence electrons. The SMILES string of the molecule is CC(C)C(C)NCC1CC2CCC1C2. The zero-order chi connectivity index (χ0) is 10.1. The van der Waals surface area contributed by atoms with E-state index in [1.165, 1.54) is 25.8 Å². The molecule has 2 saturated carbocycles. The summed E-state index contributed by atoms with van der Waals surface area (Å²) < 4.78 is 0. The molecule has 0 saturated heterocycles. The lowest BCUT2D eigenvalue weighted by Crippen LogP contribution is -2.36. The van der Waals surface area contributed by atoms with Gasteiger partial charge in [-0.1, -0.05) is 20.3 Å². The third kappa shape index (κ3) is 2.13. The van der Waals surface area contributed by atoms with Gasteiger partial charge in [0.25, 0.3) is 0 Å². The lowest BCUT2D eigenvalue weighted by molar-refractivity contribution is 0.294. The maximum absolute atomic E-state index is 3.71. The van der Waals surface area contributed by atoms with Gasteiger partial charge in [0.2, 0.25) is 0 Å². The average molecular weight is 195 g/mol. The van der Waals surface area contributed by atoms with Gasteiger partial charge in [0, 0.05) is 6.04 Å². The third-order valence-electron chi connectivity index (χ3n) is 4.59. The number of nitrogens with one attached hydrogen (secondary N) is 1. The van der Waals surface area contributed by atoms with Gasteiger partial charge in [-0.3, -0.25) is 0 Å². The van der Waals surface area contributed by atoms with E-state index in [0.29, 0.717) is 6.04 Å². The van der Waals surface area contributed by atoms with Crippen LogP contribution in [0.2, 0.25) is 0 Å². The minimum atomic E-state index is 0.689. The van der Waals surface area contributed by atoms with Gasteiger partial charge in [0.05, 0.1) is 0 Å². The molecule has 0 radical (unpaired) electrons. The summed E-state index contributed by atoms with van der Waals surface area (Å²) in [4.78, 5) is 0. The van der Waals surface area contributed by atoms with Crippen LogP contribution in [-0.4, -0.2) is 12.6 Å². The summed E-state index contributed by atoms with van der Waals surface area (Å²) in [5.74, 6) is 3.96. The first kappa shape index (κ1) is 10.5. The highest BCUT2D eigenvalue weighted by atomic mass is 14.9. The van der Waals surface area contributed by atoms with Crippen molar-refractivity contribution in [3.63, 3.8) is 0 Å². The Morgan fingerprint density at radius 2 is 1.93 bits per heavy atom. The largest absolute Gasteiger partial charge is 0.314 e. The van der Waals surface area contributed by atoms with Crippen LogP contribution in [0.1, 0.15) is 46.5 Å². The predicted octanol–water partition coefficient (Wildman–Crippen LogP) is 3.06. The van der Waals surface area contributed by atoms with Crippen molar-refractivity contribution in [1.29, 1.82) is 0 Å². The highest BCUT2D eigenvalue weighted by Crippen LogP contribution is 2.47. The normalized spacial score (nSPS) is 38.1. The highest BCUT2D eigenvalue weighted by molar-refractivity contribution is 4.91. The molecule has 0 aromatic rings. The van der Waals surface area contributed by atoms with E-state index in [-0.39, 0.29) is 0 Å². The number of rotatable bonds is 4. The molecule has 0 aromatic carbocycles. The molecule has 0 spiro atoms. The molecule has 1 heteroatoms. The Kier molecular flexibility index (Phi) is 3.16. The Hall–Kier alpha value is -0.0400. The van der Waals surface area contributed by atoms with E-state index in [4.69, 9.17) is 0 Å². The molecule has 0 aromatic heterocycles. The quantitative estimate of drug-likeness (QED) is 0.727. The summed E-state index contributed by atoms with van der Waals surface area (Å²) in [6.45, 7) is 8.20. The Morgan fingerprint density at radius 3 is 2.43 bits per heavy atom. The van der Waals surface area contributed by atoms with E-state index < -0.39 is 0 Å². The van der Waals surface area contributed by atoms with E-state index in [0.717, 1.165) is 23.7 Å². The van der Waals surface area contributed by atoms with Crippen LogP contribution >= 0.6 is 0 Å². The number of hydrogen-bond donors (Lipinski definition) is 1. The molecule has 4 unspecified atom stereocenters. The fourth-order valence-corrected chi connectivity index (χ4v) is 3.20. The second kappa shape index (κ2) is 4.22. The first-order chi connectivity index (χ1) is 6.66. The zero-order valence-electron chi connectivity index (χ0n) is 9.92. The molecule has 0 amide bonds. The molecule has 4 atom stereocenters. The van der Waals surface area contributed by atoms with Crippen LogP contribution in [0.5, 0.6) is 0 Å². The smallest absolute Gasteiger partial charge is 0.00618 e. The van der Waals surface area contributed by atoms with Crippen molar-refractivity contribution in [2.24, 2.45) is 23.7 Å². The van der Waals surface area contributed by atoms with Crippen LogP contribution < -0.4 is 5.32 Å². The van der Waals surface area contributed by atoms with Gasteiger partial charge in [-0.2, -0.15) is 0 Å². The molecule has 14 heavy (non-hydrogen) atoms. The van der Waals surface area contributed by atoms with Gasteiger partial charge >= 0.3 is 0 Å². The summed E-state index contributed by atoms with van der Waals surface area (Å²) in [6, 6.07) is 0.689. The lowest BCUT2D eigenvalue weighted by Gasteiger charge is -2.25. The topological polar surface area (TPSA) is 12.0 Å². The predicted molar refractivity (Wildman–Crippen MR) is 61.2 cm³/mol. The van der Waals surface area contributed by atoms with Gasteiger partial charge in [-0.05, 0) is 56.4 Å². The van der Waals surface area contributed by atoms with Crippen molar-refractivity contribution < 1.29 is 0 Å². The monoisotopic (exact) mass is 195 g/mol. The minimum Gasteiger partial charge on any atom is -0.314 e. The second-order valence-corrected chi connectivity index (χ2v) is 5.88. The molecule has 2 aliphatic carbocycles. The Labute approximate surface area is 88.7 Å². The van der Waals surface area contributed by atoms with Crippen LogP contribution in [0.4, 0.5) is 0 Å². The van der Waals surface area contributed by atoms with Crippen LogP contribution in [0.25, 0.3) is 0 Å². The maximum Gasteiger partial charge on any atom is 0.00618 e. The number of fused-ring (bicyclic) bond motifs is 2. The van der Waals surface area contributed by atoms with E-state index in [1.54, 1.807) is 6.42 Å². The van der Waals surface area contributed by atoms with Crippen molar-refractivity contribution in [2.75, 3.05) is 6.54 Å². The lowest BCUT2D eigenvalue weighted by atomic mass is 9.88. The molecule has 2 rings (SSSR count). The summed E-state index contributed by atoms with van der Waals surface area (Å²) in [5.41, 5.74) is 0. The molecule has 1 nitrogen and oxygen atoms in total. The van der Waals surface area contributed by atoms with E-state index >= 15 is 0 Å². The van der Waals surface area contributed by atoms with Crippen molar-refractivity contribution in [1.82, 2.24) is 5.32 Å². The Morgan fingerprint density at radius 1 is 1.14 bits per heavy atom. The van der Waals surface area contributed by atoms with Crippen LogP contribution in [0.15, 0.2) is 0 Å². The summed E-state index contributed by atoms with van der Waals surface area (Å²) >= 11 is 0. The number of hydrogen-bond acceptors (Lipinski definition) is 1. The third-order valence-corrected chi connectivity index (χ3v) is 4.59. The Bertz CT molecular complexity index is 188. The second-order valence-electron chi connectivity index (χ2n) is 5.88. The molecule has 0 aliphatic heterocycles. The first-order valence-electron chi connectivity index (χ1n) is 6.40. The fourth-order valence-electron chi connectivity index (χ4n) is 3.20. The molecule has 2 bridgehead atoms. The molecule has 2 aliphatic rings. The van der Waals surface area contributed by atoms with Gasteiger partial charge in [0.1, 0.15) is 0 Å². The van der Waals surface area contributed by atoms with Crippen LogP contribution in [0, 0.1) is 23.7 Å². The van der Waals surface area contributed by atoms with E-state index in [9.17, 15) is 0 Å². The standard InChI is InChI=1S/C13H25N/c1-9(2)10(3)14-8-13-7-11-4-5-12(13)6-11/h9-14H,4-8H2,1-3H3. The summed E-state index contributed by atoms with van der Waals surface area (Å²) in [5, 5.41) is 3.71. The van der Waals surface area contributed by atoms with Gasteiger partial charge in [-0.25, -0.2) is 0 Å². The fraction of sp³-hybridized carbons (Fsp3) is 1.00. The molecular weight excluding hydrogens is 170 g/mol. The van der Waals surface area contributed by atoms with Crippen LogP contribution in [-0.2, 0) is 0 Å². The van der Waals surface area contributed by atoms with Gasteiger partial charge < -0.3 is 5.32 Å². The van der Waals surface area contributed by atoms with Crippen molar-refractivity contribution in [3.05, 3.63) is 0 Å². The first-order valence-corrected chi connectivity index (χ1v) is 6.40. The average Bonchev–Trinajstić information content (AvgIpc) is 2.74. The van der Waals surface area contributed by atoms with Crippen molar-refractivity contribution in [2.45, 2.75) is 52.5 Å². The summed E-state index contributed by atoms with van der Waals surface area (Å²) in [7, 11) is 0. The van der Waals surface area contributed by atoms with Gasteiger partial charge in [0.15, 0.2) is 0 Å². The molecular formula is C13H25N. The van der Waals surface area contributed by atoms with Crippen molar-refractivity contribution >= 4 is 0 Å². The highest BCUT2D eigenvalue weighted by Gasteiger charge is 2.39. The van der Waals surface area contributed by atoms with Crippen LogP contribution in [0.3, 0.4) is 0 Å². The van der Waals surface area contributed by atoms with Crippen molar-refractivity contribution in [3.8, 4) is 0 Å². The Balaban J connectivity index is 1.71.